The van der Waals surface area contributed by atoms with E-state index in [-0.39, 0.29) is 5.56 Å². The maximum absolute atomic E-state index is 12.1. The van der Waals surface area contributed by atoms with Gasteiger partial charge in [0, 0.05) is 5.90 Å². The fourth-order valence-electron chi connectivity index (χ4n) is 1.47. The van der Waals surface area contributed by atoms with Gasteiger partial charge in [-0.2, -0.15) is 26.0 Å². The summed E-state index contributed by atoms with van der Waals surface area (Å²) in [6, 6.07) is 5.64. The van der Waals surface area contributed by atoms with Crippen molar-refractivity contribution in [2.24, 2.45) is 10.3 Å². The van der Waals surface area contributed by atoms with E-state index in [1.54, 1.807) is 12.1 Å². The summed E-state index contributed by atoms with van der Waals surface area (Å²) in [5.41, 5.74) is -4.87. The summed E-state index contributed by atoms with van der Waals surface area (Å²) in [5, 5.41) is 11.4. The van der Waals surface area contributed by atoms with Gasteiger partial charge in [-0.25, -0.2) is 0 Å². The molecule has 1 rings (SSSR count). The summed E-state index contributed by atoms with van der Waals surface area (Å²) in [4.78, 5) is 0. The first-order valence-electron chi connectivity index (χ1n) is 5.70. The molecule has 0 saturated carbocycles. The quantitative estimate of drug-likeness (QED) is 0.629. The van der Waals surface area contributed by atoms with Crippen LogP contribution < -0.4 is 5.11 Å². The molecule has 0 aliphatic rings. The van der Waals surface area contributed by atoms with Crippen molar-refractivity contribution >= 4 is 15.9 Å². The molecule has 0 spiro atoms. The van der Waals surface area contributed by atoms with E-state index in [1.165, 1.54) is 12.1 Å². The molecule has 0 N–H and O–H groups in total. The van der Waals surface area contributed by atoms with Crippen LogP contribution in [0.25, 0.3) is 0 Å². The van der Waals surface area contributed by atoms with Crippen LogP contribution in [0.5, 0.6) is 0 Å². The van der Waals surface area contributed by atoms with Gasteiger partial charge in [0.05, 0.1) is 0 Å². The Kier molecular flexibility index (Phi) is 4.80. The van der Waals surface area contributed by atoms with Gasteiger partial charge in [-0.05, 0) is 23.5 Å². The summed E-state index contributed by atoms with van der Waals surface area (Å²) < 4.78 is 60.0. The lowest BCUT2D eigenvalue weighted by atomic mass is 10.0. The minimum absolute atomic E-state index is 0.203. The molecular weight excluding hydrogens is 295 g/mol. The fourth-order valence-corrected chi connectivity index (χ4v) is 1.90. The highest BCUT2D eigenvalue weighted by Crippen LogP contribution is 2.24. The maximum Gasteiger partial charge on any atom is 0.518 e. The molecule has 0 aromatic heterocycles. The first-order valence-corrected chi connectivity index (χ1v) is 7.14. The van der Waals surface area contributed by atoms with E-state index in [1.807, 2.05) is 13.8 Å². The van der Waals surface area contributed by atoms with E-state index >= 15 is 0 Å². The highest BCUT2D eigenvalue weighted by Gasteiger charge is 2.45. The number of halogens is 3. The van der Waals surface area contributed by atoms with Gasteiger partial charge in [0.1, 0.15) is 0 Å². The number of benzene rings is 1. The topological polar surface area (TPSA) is 69.6 Å². The van der Waals surface area contributed by atoms with Crippen LogP contribution in [-0.4, -0.2) is 19.8 Å². The summed E-state index contributed by atoms with van der Waals surface area (Å²) in [6.07, 6.45) is 0.743. The van der Waals surface area contributed by atoms with Crippen molar-refractivity contribution in [3.63, 3.8) is 0 Å². The standard InChI is InChI=1S/C12H14F3NO3S/c1-8(2)7-9-3-5-10(6-4-9)11(17)16-20(18,19)12(13,14)15/h3-6,8H,7H2,1-2H3,(H,16,17)/p-1. The van der Waals surface area contributed by atoms with Gasteiger partial charge >= 0.3 is 15.5 Å². The lowest BCUT2D eigenvalue weighted by molar-refractivity contribution is -0.212. The van der Waals surface area contributed by atoms with E-state index in [0.29, 0.717) is 5.92 Å². The van der Waals surface area contributed by atoms with Gasteiger partial charge in [0.25, 0.3) is 0 Å². The van der Waals surface area contributed by atoms with E-state index in [4.69, 9.17) is 0 Å². The van der Waals surface area contributed by atoms with E-state index in [0.717, 1.165) is 12.0 Å². The predicted molar refractivity (Wildman–Crippen MR) is 66.5 cm³/mol. The number of alkyl halides is 3. The zero-order valence-corrected chi connectivity index (χ0v) is 11.6. The monoisotopic (exact) mass is 308 g/mol. The first-order chi connectivity index (χ1) is 9.03. The minimum atomic E-state index is -5.80. The predicted octanol–water partition coefficient (Wildman–Crippen LogP) is 1.84. The molecular formula is C12H13F3NO3S-. The number of hydrogen-bond acceptors (Lipinski definition) is 3. The Bertz CT molecular complexity index is 589. The molecule has 0 bridgehead atoms. The molecule has 0 radical (unpaired) electrons. The van der Waals surface area contributed by atoms with Crippen molar-refractivity contribution < 1.29 is 26.7 Å². The Morgan fingerprint density at radius 1 is 1.25 bits per heavy atom. The molecule has 20 heavy (non-hydrogen) atoms. The Labute approximate surface area is 115 Å². The second-order valence-electron chi connectivity index (χ2n) is 4.61. The molecule has 4 nitrogen and oxygen atoms in total. The van der Waals surface area contributed by atoms with Crippen LogP contribution in [0, 0.1) is 5.92 Å². The fraction of sp³-hybridized carbons (Fsp3) is 0.417. The normalized spacial score (nSPS) is 13.8. The van der Waals surface area contributed by atoms with Crippen molar-refractivity contribution in [1.82, 2.24) is 0 Å². The molecule has 0 saturated heterocycles. The Balaban J connectivity index is 3.02. The van der Waals surface area contributed by atoms with Gasteiger partial charge in [-0.15, -0.1) is 0 Å². The largest absolute Gasteiger partial charge is 0.858 e. The average molecular weight is 308 g/mol. The molecule has 1 aromatic carbocycles. The van der Waals surface area contributed by atoms with Gasteiger partial charge in [-0.3, -0.25) is 0 Å². The number of sulfonamides is 1. The Hall–Kier alpha value is -1.57. The van der Waals surface area contributed by atoms with Crippen LogP contribution in [0.1, 0.15) is 25.0 Å². The van der Waals surface area contributed by atoms with E-state index in [9.17, 15) is 26.7 Å². The van der Waals surface area contributed by atoms with Crippen molar-refractivity contribution in [1.29, 1.82) is 0 Å². The lowest BCUT2D eigenvalue weighted by Crippen LogP contribution is -2.27. The van der Waals surface area contributed by atoms with Gasteiger partial charge in [0.2, 0.25) is 0 Å². The molecule has 0 amide bonds. The summed E-state index contributed by atoms with van der Waals surface area (Å²) >= 11 is 0. The molecule has 0 fully saturated rings. The smallest absolute Gasteiger partial charge is 0.518 e. The van der Waals surface area contributed by atoms with Gasteiger partial charge < -0.3 is 5.11 Å². The van der Waals surface area contributed by atoms with Crippen molar-refractivity contribution in [2.45, 2.75) is 25.8 Å². The minimum Gasteiger partial charge on any atom is -0.858 e. The van der Waals surface area contributed by atoms with E-state index < -0.39 is 21.4 Å². The van der Waals surface area contributed by atoms with Gasteiger partial charge in [0.15, 0.2) is 0 Å². The summed E-state index contributed by atoms with van der Waals surface area (Å²) in [7, 11) is -5.80. The van der Waals surface area contributed by atoms with Crippen LogP contribution in [0.15, 0.2) is 28.7 Å². The van der Waals surface area contributed by atoms with Gasteiger partial charge in [-0.1, -0.05) is 38.1 Å². The molecule has 0 aliphatic carbocycles. The van der Waals surface area contributed by atoms with Crippen molar-refractivity contribution in [3.8, 4) is 0 Å². The Morgan fingerprint density at radius 2 is 1.75 bits per heavy atom. The molecule has 0 unspecified atom stereocenters. The number of hydrogen-bond donors (Lipinski definition) is 0. The molecule has 0 heterocycles. The maximum atomic E-state index is 12.1. The van der Waals surface area contributed by atoms with Crippen LogP contribution in [0.2, 0.25) is 0 Å². The number of nitrogens with zero attached hydrogens (tertiary/aromatic N) is 1. The summed E-state index contributed by atoms with van der Waals surface area (Å²) in [5.74, 6) is -1.05. The van der Waals surface area contributed by atoms with Crippen molar-refractivity contribution in [2.75, 3.05) is 0 Å². The SMILES string of the molecule is CC(C)Cc1ccc(/C([O-])=N/S(=O)(=O)C(F)(F)F)cc1. The highest BCUT2D eigenvalue weighted by atomic mass is 32.2. The molecule has 0 atom stereocenters. The van der Waals surface area contributed by atoms with Crippen LogP contribution in [0.4, 0.5) is 13.2 Å². The first kappa shape index (κ1) is 16.5. The second-order valence-corrected chi connectivity index (χ2v) is 6.21. The van der Waals surface area contributed by atoms with Crippen LogP contribution >= 0.6 is 0 Å². The molecule has 1 aromatic rings. The number of rotatable bonds is 4. The zero-order valence-electron chi connectivity index (χ0n) is 10.8. The van der Waals surface area contributed by atoms with Crippen LogP contribution in [0.3, 0.4) is 0 Å². The average Bonchev–Trinajstić information content (AvgIpc) is 2.26. The van der Waals surface area contributed by atoms with E-state index in [2.05, 4.69) is 4.40 Å². The second kappa shape index (κ2) is 5.82. The van der Waals surface area contributed by atoms with Crippen molar-refractivity contribution in [3.05, 3.63) is 35.4 Å². The third-order valence-corrected chi connectivity index (χ3v) is 3.33. The zero-order chi connectivity index (χ0) is 15.6. The third kappa shape index (κ3) is 4.22. The molecule has 8 heteroatoms. The third-order valence-electron chi connectivity index (χ3n) is 2.34. The lowest BCUT2D eigenvalue weighted by Gasteiger charge is -2.13. The molecule has 112 valence electrons. The molecule has 0 aliphatic heterocycles. The summed E-state index contributed by atoms with van der Waals surface area (Å²) in [6.45, 7) is 3.98. The highest BCUT2D eigenvalue weighted by molar-refractivity contribution is 7.91. The Morgan fingerprint density at radius 3 is 2.15 bits per heavy atom. The van der Waals surface area contributed by atoms with Crippen LogP contribution in [-0.2, 0) is 16.4 Å².